The number of rotatable bonds is 8. The lowest BCUT2D eigenvalue weighted by Gasteiger charge is -2.10. The van der Waals surface area contributed by atoms with Crippen molar-refractivity contribution in [3.8, 4) is 0 Å². The second-order valence-electron chi connectivity index (χ2n) is 6.31. The molecule has 1 amide bonds. The maximum atomic E-state index is 12.2. The van der Waals surface area contributed by atoms with Crippen LogP contribution in [0.15, 0.2) is 27.8 Å². The van der Waals surface area contributed by atoms with Gasteiger partial charge < -0.3 is 19.6 Å². The lowest BCUT2D eigenvalue weighted by molar-refractivity contribution is 0.0925. The van der Waals surface area contributed by atoms with E-state index in [4.69, 9.17) is 4.74 Å². The first kappa shape index (κ1) is 18.9. The first-order valence-electron chi connectivity index (χ1n) is 8.56. The smallest absolute Gasteiger partial charge is 0.316 e. The van der Waals surface area contributed by atoms with Crippen molar-refractivity contribution in [1.29, 1.82) is 0 Å². The number of aryl methyl sites for hydroxylation is 1. The van der Waals surface area contributed by atoms with Crippen LogP contribution in [-0.4, -0.2) is 35.2 Å². The summed E-state index contributed by atoms with van der Waals surface area (Å²) in [4.78, 5) is 38.3. The molecule has 0 unspecified atom stereocenters. The van der Waals surface area contributed by atoms with E-state index in [1.165, 1.54) is 4.57 Å². The highest BCUT2D eigenvalue weighted by atomic mass is 16.5. The minimum atomic E-state index is -0.686. The standard InChI is InChI=1S/C18H25N3O4/c1-4-21-15-7-6-13(10-14(15)20-17(23)18(21)24)16(22)19-8-5-9-25-11-12(2)3/h6-7,10,12H,4-5,8-9,11H2,1-3H3,(H,19,22)(H,20,23). The molecule has 0 bridgehead atoms. The molecule has 7 nitrogen and oxygen atoms in total. The van der Waals surface area contributed by atoms with Crippen LogP contribution in [0.5, 0.6) is 0 Å². The van der Waals surface area contributed by atoms with Gasteiger partial charge in [0, 0.05) is 31.9 Å². The van der Waals surface area contributed by atoms with Gasteiger partial charge >= 0.3 is 11.1 Å². The van der Waals surface area contributed by atoms with Crippen molar-refractivity contribution in [2.75, 3.05) is 19.8 Å². The fraction of sp³-hybridized carbons (Fsp3) is 0.500. The highest BCUT2D eigenvalue weighted by molar-refractivity contribution is 5.97. The van der Waals surface area contributed by atoms with Gasteiger partial charge in [-0.2, -0.15) is 0 Å². The summed E-state index contributed by atoms with van der Waals surface area (Å²) in [5.41, 5.74) is 0.237. The minimum Gasteiger partial charge on any atom is -0.381 e. The summed E-state index contributed by atoms with van der Waals surface area (Å²) in [6.07, 6.45) is 0.734. The van der Waals surface area contributed by atoms with E-state index in [-0.39, 0.29) is 5.91 Å². The molecule has 1 aromatic heterocycles. The summed E-state index contributed by atoms with van der Waals surface area (Å²) >= 11 is 0. The predicted molar refractivity (Wildman–Crippen MR) is 97.1 cm³/mol. The Morgan fingerprint density at radius 1 is 1.32 bits per heavy atom. The molecule has 0 saturated heterocycles. The number of aromatic amines is 1. The average Bonchev–Trinajstić information content (AvgIpc) is 2.58. The molecule has 0 fully saturated rings. The van der Waals surface area contributed by atoms with Gasteiger partial charge in [-0.15, -0.1) is 0 Å². The molecule has 2 rings (SSSR count). The Kier molecular flexibility index (Phi) is 6.52. The third kappa shape index (κ3) is 4.79. The van der Waals surface area contributed by atoms with E-state index in [9.17, 15) is 14.4 Å². The van der Waals surface area contributed by atoms with Gasteiger partial charge in [-0.05, 0) is 37.5 Å². The molecular formula is C18H25N3O4. The van der Waals surface area contributed by atoms with Crippen LogP contribution >= 0.6 is 0 Å². The number of ether oxygens (including phenoxy) is 1. The van der Waals surface area contributed by atoms with E-state index in [0.29, 0.717) is 48.8 Å². The highest BCUT2D eigenvalue weighted by Crippen LogP contribution is 2.11. The quantitative estimate of drug-likeness (QED) is 0.559. The van der Waals surface area contributed by atoms with Gasteiger partial charge in [-0.25, -0.2) is 0 Å². The molecule has 7 heteroatoms. The van der Waals surface area contributed by atoms with Gasteiger partial charge in [0.1, 0.15) is 0 Å². The zero-order valence-corrected chi connectivity index (χ0v) is 14.9. The Bertz CT molecular complexity index is 852. The second kappa shape index (κ2) is 8.62. The summed E-state index contributed by atoms with van der Waals surface area (Å²) in [7, 11) is 0. The van der Waals surface area contributed by atoms with Crippen LogP contribution in [-0.2, 0) is 11.3 Å². The van der Waals surface area contributed by atoms with Crippen LogP contribution in [0.1, 0.15) is 37.6 Å². The van der Waals surface area contributed by atoms with E-state index in [2.05, 4.69) is 24.1 Å². The fourth-order valence-electron chi connectivity index (χ4n) is 2.53. The van der Waals surface area contributed by atoms with Crippen LogP contribution in [0.2, 0.25) is 0 Å². The van der Waals surface area contributed by atoms with Crippen molar-refractivity contribution in [2.24, 2.45) is 5.92 Å². The lowest BCUT2D eigenvalue weighted by Crippen LogP contribution is -2.36. The number of amides is 1. The van der Waals surface area contributed by atoms with Gasteiger partial charge in [0.05, 0.1) is 11.0 Å². The topological polar surface area (TPSA) is 93.2 Å². The van der Waals surface area contributed by atoms with Crippen molar-refractivity contribution in [3.05, 3.63) is 44.5 Å². The fourth-order valence-corrected chi connectivity index (χ4v) is 2.53. The number of nitrogens with zero attached hydrogens (tertiary/aromatic N) is 1. The van der Waals surface area contributed by atoms with E-state index in [0.717, 1.165) is 6.42 Å². The molecule has 136 valence electrons. The minimum absolute atomic E-state index is 0.221. The van der Waals surface area contributed by atoms with Gasteiger partial charge in [0.2, 0.25) is 0 Å². The monoisotopic (exact) mass is 347 g/mol. The molecule has 25 heavy (non-hydrogen) atoms. The Morgan fingerprint density at radius 2 is 2.08 bits per heavy atom. The number of carbonyl (C=O) groups is 1. The maximum absolute atomic E-state index is 12.2. The van der Waals surface area contributed by atoms with Crippen molar-refractivity contribution in [1.82, 2.24) is 14.9 Å². The molecule has 2 aromatic rings. The normalized spacial score (nSPS) is 11.2. The molecule has 1 heterocycles. The van der Waals surface area contributed by atoms with Crippen LogP contribution in [0.25, 0.3) is 11.0 Å². The third-order valence-electron chi connectivity index (χ3n) is 3.76. The Balaban J connectivity index is 2.04. The summed E-state index contributed by atoms with van der Waals surface area (Å²) in [6.45, 7) is 8.19. The molecule has 0 aliphatic carbocycles. The molecular weight excluding hydrogens is 322 g/mol. The SMILES string of the molecule is CCn1c(=O)c(=O)[nH]c2cc(C(=O)NCCCOCC(C)C)ccc21. The third-order valence-corrected chi connectivity index (χ3v) is 3.76. The van der Waals surface area contributed by atoms with E-state index in [1.807, 2.05) is 0 Å². The summed E-state index contributed by atoms with van der Waals surface area (Å²) in [5, 5.41) is 2.83. The number of benzene rings is 1. The first-order chi connectivity index (χ1) is 11.9. The molecule has 0 radical (unpaired) electrons. The molecule has 1 aromatic carbocycles. The number of nitrogens with one attached hydrogen (secondary N) is 2. The second-order valence-corrected chi connectivity index (χ2v) is 6.31. The molecule has 0 aliphatic heterocycles. The summed E-state index contributed by atoms with van der Waals surface area (Å²) < 4.78 is 6.86. The van der Waals surface area contributed by atoms with Crippen LogP contribution in [0, 0.1) is 5.92 Å². The van der Waals surface area contributed by atoms with Gasteiger partial charge in [0.25, 0.3) is 5.91 Å². The largest absolute Gasteiger partial charge is 0.381 e. The van der Waals surface area contributed by atoms with Crippen molar-refractivity contribution < 1.29 is 9.53 Å². The molecule has 0 atom stereocenters. The predicted octanol–water partition coefficient (Wildman–Crippen LogP) is 1.50. The number of aromatic nitrogens is 2. The number of hydrogen-bond donors (Lipinski definition) is 2. The Labute approximate surface area is 146 Å². The van der Waals surface area contributed by atoms with Crippen LogP contribution < -0.4 is 16.4 Å². The maximum Gasteiger partial charge on any atom is 0.316 e. The number of carbonyl (C=O) groups excluding carboxylic acids is 1. The number of H-pyrrole nitrogens is 1. The van der Waals surface area contributed by atoms with Gasteiger partial charge in [0.15, 0.2) is 0 Å². The van der Waals surface area contributed by atoms with Crippen molar-refractivity contribution in [3.63, 3.8) is 0 Å². The molecule has 0 spiro atoms. The number of fused-ring (bicyclic) bond motifs is 1. The Hall–Kier alpha value is -2.41. The van der Waals surface area contributed by atoms with Crippen molar-refractivity contribution >= 4 is 16.9 Å². The Morgan fingerprint density at radius 3 is 2.76 bits per heavy atom. The molecule has 2 N–H and O–H groups in total. The first-order valence-corrected chi connectivity index (χ1v) is 8.56. The molecule has 0 aliphatic rings. The van der Waals surface area contributed by atoms with Gasteiger partial charge in [-0.1, -0.05) is 13.8 Å². The average molecular weight is 347 g/mol. The van der Waals surface area contributed by atoms with Gasteiger partial charge in [-0.3, -0.25) is 14.4 Å². The zero-order valence-electron chi connectivity index (χ0n) is 14.9. The van der Waals surface area contributed by atoms with Crippen LogP contribution in [0.4, 0.5) is 0 Å². The zero-order chi connectivity index (χ0) is 18.4. The summed E-state index contributed by atoms with van der Waals surface area (Å²) in [5.74, 6) is 0.274. The van der Waals surface area contributed by atoms with Crippen molar-refractivity contribution in [2.45, 2.75) is 33.7 Å². The van der Waals surface area contributed by atoms with Crippen LogP contribution in [0.3, 0.4) is 0 Å². The number of hydrogen-bond acceptors (Lipinski definition) is 4. The molecule has 0 saturated carbocycles. The lowest BCUT2D eigenvalue weighted by atomic mass is 10.1. The highest BCUT2D eigenvalue weighted by Gasteiger charge is 2.10. The summed E-state index contributed by atoms with van der Waals surface area (Å²) in [6, 6.07) is 4.92. The van der Waals surface area contributed by atoms with E-state index >= 15 is 0 Å². The van der Waals surface area contributed by atoms with E-state index in [1.54, 1.807) is 25.1 Å². The van der Waals surface area contributed by atoms with E-state index < -0.39 is 11.1 Å².